The van der Waals surface area contributed by atoms with Crippen molar-refractivity contribution < 1.29 is 4.79 Å². The molecule has 0 bridgehead atoms. The molecular weight excluding hydrogens is 477 g/mol. The van der Waals surface area contributed by atoms with Crippen LogP contribution >= 0.6 is 35.0 Å². The zero-order valence-electron chi connectivity index (χ0n) is 17.5. The Balaban J connectivity index is 1.52. The number of nitrogens with zero attached hydrogens (tertiary/aromatic N) is 3. The molecule has 1 aliphatic rings. The van der Waals surface area contributed by atoms with Gasteiger partial charge in [-0.2, -0.15) is 0 Å². The normalized spacial score (nSPS) is 13.2. The topological polar surface area (TPSA) is 55.2 Å². The molecule has 0 N–H and O–H groups in total. The molecule has 0 atom stereocenters. The molecule has 5 nitrogen and oxygen atoms in total. The van der Waals surface area contributed by atoms with E-state index in [0.29, 0.717) is 38.3 Å². The summed E-state index contributed by atoms with van der Waals surface area (Å²) in [7, 11) is 0. The third-order valence-corrected chi connectivity index (χ3v) is 7.03. The van der Waals surface area contributed by atoms with Crippen molar-refractivity contribution in [3.63, 3.8) is 0 Å². The van der Waals surface area contributed by atoms with Gasteiger partial charge >= 0.3 is 0 Å². The van der Waals surface area contributed by atoms with Gasteiger partial charge in [-0.25, -0.2) is 4.98 Å². The van der Waals surface area contributed by atoms with Crippen molar-refractivity contribution in [2.45, 2.75) is 18.0 Å². The van der Waals surface area contributed by atoms with Gasteiger partial charge in [0.25, 0.3) is 5.56 Å². The molecule has 33 heavy (non-hydrogen) atoms. The number of rotatable bonds is 4. The number of hydrogen-bond acceptors (Lipinski definition) is 4. The van der Waals surface area contributed by atoms with Crippen molar-refractivity contribution in [1.29, 1.82) is 0 Å². The highest BCUT2D eigenvalue weighted by Crippen LogP contribution is 2.29. The molecule has 166 valence electrons. The summed E-state index contributed by atoms with van der Waals surface area (Å²) in [4.78, 5) is 33.1. The van der Waals surface area contributed by atoms with E-state index in [2.05, 4.69) is 6.07 Å². The third kappa shape index (κ3) is 4.38. The Kier molecular flexibility index (Phi) is 6.15. The van der Waals surface area contributed by atoms with Gasteiger partial charge in [-0.3, -0.25) is 14.2 Å². The standard InChI is InChI=1S/C25H19Cl2N3O2S/c26-17-7-10-19(11-8-17)30-24(32)20-12-9-18(27)14-21(20)28-25(30)33-15-23(31)29-13-3-5-16-4-1-2-6-22(16)29/h1-2,4,6-12,14H,3,5,13,15H2. The first-order valence-corrected chi connectivity index (χ1v) is 12.2. The fraction of sp³-hybridized carbons (Fsp3) is 0.160. The molecule has 1 aromatic heterocycles. The minimum Gasteiger partial charge on any atom is -0.311 e. The first-order chi connectivity index (χ1) is 16.0. The van der Waals surface area contributed by atoms with Gasteiger partial charge < -0.3 is 4.90 Å². The maximum absolute atomic E-state index is 13.4. The van der Waals surface area contributed by atoms with Crippen molar-refractivity contribution >= 4 is 57.5 Å². The second kappa shape index (κ2) is 9.21. The summed E-state index contributed by atoms with van der Waals surface area (Å²) in [5.41, 5.74) is 3.04. The maximum Gasteiger partial charge on any atom is 0.266 e. The average molecular weight is 496 g/mol. The Morgan fingerprint density at radius 1 is 1.00 bits per heavy atom. The zero-order valence-corrected chi connectivity index (χ0v) is 19.8. The van der Waals surface area contributed by atoms with Crippen molar-refractivity contribution in [2.24, 2.45) is 0 Å². The van der Waals surface area contributed by atoms with E-state index < -0.39 is 0 Å². The van der Waals surface area contributed by atoms with Crippen LogP contribution in [0.4, 0.5) is 5.69 Å². The molecule has 1 aliphatic heterocycles. The first kappa shape index (κ1) is 22.0. The number of halogens is 2. The van der Waals surface area contributed by atoms with E-state index in [1.54, 1.807) is 42.5 Å². The fourth-order valence-corrected chi connectivity index (χ4v) is 5.23. The average Bonchev–Trinajstić information content (AvgIpc) is 2.83. The van der Waals surface area contributed by atoms with E-state index in [1.165, 1.54) is 21.9 Å². The highest BCUT2D eigenvalue weighted by atomic mass is 35.5. The van der Waals surface area contributed by atoms with Crippen LogP contribution in [0.25, 0.3) is 16.6 Å². The summed E-state index contributed by atoms with van der Waals surface area (Å²) in [5, 5.41) is 1.95. The van der Waals surface area contributed by atoms with E-state index in [4.69, 9.17) is 28.2 Å². The molecule has 1 amide bonds. The molecule has 4 aromatic rings. The largest absolute Gasteiger partial charge is 0.311 e. The summed E-state index contributed by atoms with van der Waals surface area (Å²) in [6.07, 6.45) is 1.89. The number of fused-ring (bicyclic) bond motifs is 2. The van der Waals surface area contributed by atoms with E-state index >= 15 is 0 Å². The molecule has 0 saturated heterocycles. The molecule has 3 aromatic carbocycles. The number of aromatic nitrogens is 2. The summed E-state index contributed by atoms with van der Waals surface area (Å²) in [6, 6.07) is 20.0. The van der Waals surface area contributed by atoms with Gasteiger partial charge in [0.2, 0.25) is 5.91 Å². The number of carbonyl (C=O) groups excluding carboxylic acids is 1. The van der Waals surface area contributed by atoms with Crippen molar-refractivity contribution in [1.82, 2.24) is 9.55 Å². The molecule has 0 aliphatic carbocycles. The van der Waals surface area contributed by atoms with E-state index in [-0.39, 0.29) is 17.2 Å². The van der Waals surface area contributed by atoms with Crippen LogP contribution in [0.5, 0.6) is 0 Å². The van der Waals surface area contributed by atoms with Crippen LogP contribution in [0.2, 0.25) is 10.0 Å². The highest BCUT2D eigenvalue weighted by molar-refractivity contribution is 7.99. The van der Waals surface area contributed by atoms with Crippen LogP contribution in [0.1, 0.15) is 12.0 Å². The maximum atomic E-state index is 13.4. The monoisotopic (exact) mass is 495 g/mol. The second-order valence-electron chi connectivity index (χ2n) is 7.74. The summed E-state index contributed by atoms with van der Waals surface area (Å²) in [6.45, 7) is 0.682. The fourth-order valence-electron chi connectivity index (χ4n) is 4.05. The smallest absolute Gasteiger partial charge is 0.266 e. The van der Waals surface area contributed by atoms with Crippen molar-refractivity contribution in [3.8, 4) is 5.69 Å². The van der Waals surface area contributed by atoms with Gasteiger partial charge in [0.15, 0.2) is 5.16 Å². The Morgan fingerprint density at radius 2 is 1.76 bits per heavy atom. The Bertz CT molecular complexity index is 1420. The summed E-state index contributed by atoms with van der Waals surface area (Å²) < 4.78 is 1.52. The van der Waals surface area contributed by atoms with E-state index in [0.717, 1.165) is 18.5 Å². The summed E-state index contributed by atoms with van der Waals surface area (Å²) in [5.74, 6) is 0.135. The predicted molar refractivity (Wildman–Crippen MR) is 135 cm³/mol. The number of carbonyl (C=O) groups is 1. The van der Waals surface area contributed by atoms with Crippen LogP contribution < -0.4 is 10.5 Å². The molecule has 0 unspecified atom stereocenters. The van der Waals surface area contributed by atoms with Crippen LogP contribution in [-0.2, 0) is 11.2 Å². The van der Waals surface area contributed by atoms with Crippen LogP contribution in [0.15, 0.2) is 76.7 Å². The van der Waals surface area contributed by atoms with Crippen molar-refractivity contribution in [2.75, 3.05) is 17.2 Å². The quantitative estimate of drug-likeness (QED) is 0.266. The lowest BCUT2D eigenvalue weighted by Gasteiger charge is -2.29. The van der Waals surface area contributed by atoms with Gasteiger partial charge in [0, 0.05) is 22.3 Å². The minimum atomic E-state index is -0.225. The predicted octanol–water partition coefficient (Wildman–Crippen LogP) is 5.76. The third-order valence-electron chi connectivity index (χ3n) is 5.62. The SMILES string of the molecule is O=C(CSc1nc2cc(Cl)ccc2c(=O)n1-c1ccc(Cl)cc1)N1CCCc2ccccc21. The number of para-hydroxylation sites is 1. The second-order valence-corrected chi connectivity index (χ2v) is 9.55. The molecule has 0 fully saturated rings. The Labute approximate surface area is 205 Å². The van der Waals surface area contributed by atoms with Gasteiger partial charge in [-0.05, 0) is 66.9 Å². The lowest BCUT2D eigenvalue weighted by atomic mass is 10.0. The van der Waals surface area contributed by atoms with Crippen LogP contribution in [0.3, 0.4) is 0 Å². The molecule has 8 heteroatoms. The van der Waals surface area contributed by atoms with Gasteiger partial charge in [0.1, 0.15) is 0 Å². The summed E-state index contributed by atoms with van der Waals surface area (Å²) >= 11 is 13.4. The number of thioether (sulfide) groups is 1. The number of anilines is 1. The molecule has 5 rings (SSSR count). The lowest BCUT2D eigenvalue weighted by molar-refractivity contribution is -0.116. The number of aryl methyl sites for hydroxylation is 1. The van der Waals surface area contributed by atoms with Crippen molar-refractivity contribution in [3.05, 3.63) is 92.7 Å². The van der Waals surface area contributed by atoms with E-state index in [9.17, 15) is 9.59 Å². The Hall–Kier alpha value is -2.80. The number of hydrogen-bond donors (Lipinski definition) is 0. The minimum absolute atomic E-state index is 0.0183. The zero-order chi connectivity index (χ0) is 22.9. The molecule has 0 saturated carbocycles. The number of benzene rings is 3. The lowest BCUT2D eigenvalue weighted by Crippen LogP contribution is -2.36. The molecule has 0 radical (unpaired) electrons. The number of amides is 1. The van der Waals surface area contributed by atoms with Crippen LogP contribution in [0, 0.1) is 0 Å². The van der Waals surface area contributed by atoms with E-state index in [1.807, 2.05) is 23.1 Å². The molecule has 0 spiro atoms. The molecule has 2 heterocycles. The molecular formula is C25H19Cl2N3O2S. The van der Waals surface area contributed by atoms with Crippen LogP contribution in [-0.4, -0.2) is 27.8 Å². The van der Waals surface area contributed by atoms with Gasteiger partial charge in [-0.1, -0.05) is 53.2 Å². The highest BCUT2D eigenvalue weighted by Gasteiger charge is 2.23. The first-order valence-electron chi connectivity index (χ1n) is 10.5. The van der Waals surface area contributed by atoms with Gasteiger partial charge in [-0.15, -0.1) is 0 Å². The van der Waals surface area contributed by atoms with Gasteiger partial charge in [0.05, 0.1) is 22.3 Å². The Morgan fingerprint density at radius 3 is 2.58 bits per heavy atom.